The predicted molar refractivity (Wildman–Crippen MR) is 96.6 cm³/mol. The maximum absolute atomic E-state index is 12.8. The molecule has 5 nitrogen and oxygen atoms in total. The number of methoxy groups -OCH3 is 1. The van der Waals surface area contributed by atoms with Gasteiger partial charge in [-0.1, -0.05) is 42.5 Å². The molecule has 2 aromatic carbocycles. The smallest absolute Gasteiger partial charge is 0.318 e. The maximum atomic E-state index is 12.8. The molecule has 0 saturated carbocycles. The van der Waals surface area contributed by atoms with Gasteiger partial charge in [0.2, 0.25) is 0 Å². The van der Waals surface area contributed by atoms with Crippen LogP contribution in [0.3, 0.4) is 0 Å². The van der Waals surface area contributed by atoms with Gasteiger partial charge in [-0.3, -0.25) is 0 Å². The average Bonchev–Trinajstić information content (AvgIpc) is 3.16. The average molecular weight is 340 g/mol. The summed E-state index contributed by atoms with van der Waals surface area (Å²) in [5.41, 5.74) is 2.00. The molecular formula is C20H24N2O3. The standard InChI is InChI=1S/C20H24N2O3/c1-25-18-11-9-16(10-12-18)19(15-6-3-2-4-7-15)21-20(24)22-13-5-8-17(22)14-23/h2-4,6-7,9-12,17,19,23H,5,8,13-14H2,1H3,(H,21,24)/t17-,19?/m0/s1. The van der Waals surface area contributed by atoms with Gasteiger partial charge in [-0.25, -0.2) is 4.79 Å². The van der Waals surface area contributed by atoms with Gasteiger partial charge in [0.25, 0.3) is 0 Å². The number of aliphatic hydroxyl groups is 1. The molecule has 1 unspecified atom stereocenters. The number of hydrogen-bond acceptors (Lipinski definition) is 3. The van der Waals surface area contributed by atoms with Crippen LogP contribution in [0.2, 0.25) is 0 Å². The van der Waals surface area contributed by atoms with Crippen LogP contribution in [0.25, 0.3) is 0 Å². The van der Waals surface area contributed by atoms with Crippen LogP contribution in [0.5, 0.6) is 5.75 Å². The van der Waals surface area contributed by atoms with Gasteiger partial charge < -0.3 is 20.1 Å². The Bertz CT molecular complexity index is 688. The minimum absolute atomic E-state index is 0.00591. The van der Waals surface area contributed by atoms with Gasteiger partial charge in [-0.2, -0.15) is 0 Å². The van der Waals surface area contributed by atoms with Crippen LogP contribution in [-0.4, -0.2) is 42.3 Å². The van der Waals surface area contributed by atoms with Gasteiger partial charge in [0, 0.05) is 6.54 Å². The number of carbonyl (C=O) groups is 1. The number of hydrogen-bond donors (Lipinski definition) is 2. The third-order valence-corrected chi connectivity index (χ3v) is 4.70. The van der Waals surface area contributed by atoms with Crippen molar-refractivity contribution >= 4 is 6.03 Å². The molecule has 0 radical (unpaired) electrons. The van der Waals surface area contributed by atoms with Gasteiger partial charge in [0.05, 0.1) is 25.8 Å². The van der Waals surface area contributed by atoms with Gasteiger partial charge in [0.1, 0.15) is 5.75 Å². The topological polar surface area (TPSA) is 61.8 Å². The Balaban J connectivity index is 1.85. The first-order chi connectivity index (χ1) is 12.2. The van der Waals surface area contributed by atoms with E-state index < -0.39 is 0 Å². The van der Waals surface area contributed by atoms with Crippen molar-refractivity contribution in [2.24, 2.45) is 0 Å². The molecule has 2 aromatic rings. The molecule has 132 valence electrons. The number of benzene rings is 2. The highest BCUT2D eigenvalue weighted by Gasteiger charge is 2.29. The van der Waals surface area contributed by atoms with Crippen LogP contribution in [0.1, 0.15) is 30.0 Å². The van der Waals surface area contributed by atoms with E-state index in [1.807, 2.05) is 54.6 Å². The fraction of sp³-hybridized carbons (Fsp3) is 0.350. The van der Waals surface area contributed by atoms with E-state index in [0.717, 1.165) is 29.7 Å². The van der Waals surface area contributed by atoms with E-state index in [-0.39, 0.29) is 24.7 Å². The number of likely N-dealkylation sites (tertiary alicyclic amines) is 1. The predicted octanol–water partition coefficient (Wildman–Crippen LogP) is 2.95. The van der Waals surface area contributed by atoms with Crippen molar-refractivity contribution < 1.29 is 14.6 Å². The molecule has 2 amide bonds. The van der Waals surface area contributed by atoms with Crippen LogP contribution in [0.4, 0.5) is 4.79 Å². The highest BCUT2D eigenvalue weighted by Crippen LogP contribution is 2.25. The van der Waals surface area contributed by atoms with Gasteiger partial charge >= 0.3 is 6.03 Å². The number of ether oxygens (including phenoxy) is 1. The van der Waals surface area contributed by atoms with Crippen LogP contribution in [0, 0.1) is 0 Å². The molecule has 1 heterocycles. The molecule has 1 aliphatic heterocycles. The Morgan fingerprint density at radius 2 is 1.88 bits per heavy atom. The van der Waals surface area contributed by atoms with Crippen molar-refractivity contribution in [3.05, 3.63) is 65.7 Å². The van der Waals surface area contributed by atoms with E-state index >= 15 is 0 Å². The van der Waals surface area contributed by atoms with E-state index in [1.54, 1.807) is 12.0 Å². The normalized spacial score (nSPS) is 18.0. The van der Waals surface area contributed by atoms with Crippen molar-refractivity contribution in [2.75, 3.05) is 20.3 Å². The summed E-state index contributed by atoms with van der Waals surface area (Å²) in [7, 11) is 1.63. The number of urea groups is 1. The summed E-state index contributed by atoms with van der Waals surface area (Å²) < 4.78 is 5.22. The van der Waals surface area contributed by atoms with Gasteiger partial charge in [-0.05, 0) is 36.1 Å². The molecule has 2 N–H and O–H groups in total. The number of rotatable bonds is 5. The highest BCUT2D eigenvalue weighted by atomic mass is 16.5. The molecule has 0 bridgehead atoms. The SMILES string of the molecule is COc1ccc(C(NC(=O)N2CCC[C@H]2CO)c2ccccc2)cc1. The summed E-state index contributed by atoms with van der Waals surface area (Å²) >= 11 is 0. The summed E-state index contributed by atoms with van der Waals surface area (Å²) in [5, 5.41) is 12.6. The van der Waals surface area contributed by atoms with Crippen molar-refractivity contribution in [3.63, 3.8) is 0 Å². The van der Waals surface area contributed by atoms with Crippen LogP contribution < -0.4 is 10.1 Å². The fourth-order valence-electron chi connectivity index (χ4n) is 3.30. The molecule has 1 aliphatic rings. The number of carbonyl (C=O) groups excluding carboxylic acids is 1. The number of aliphatic hydroxyl groups excluding tert-OH is 1. The Morgan fingerprint density at radius 3 is 2.52 bits per heavy atom. The largest absolute Gasteiger partial charge is 0.497 e. The molecule has 1 fully saturated rings. The molecule has 3 rings (SSSR count). The van der Waals surface area contributed by atoms with Crippen LogP contribution in [-0.2, 0) is 0 Å². The summed E-state index contributed by atoms with van der Waals surface area (Å²) in [6.45, 7) is 0.688. The zero-order valence-electron chi connectivity index (χ0n) is 14.4. The summed E-state index contributed by atoms with van der Waals surface area (Å²) in [5.74, 6) is 0.779. The van der Waals surface area contributed by atoms with Crippen molar-refractivity contribution in [2.45, 2.75) is 24.9 Å². The second kappa shape index (κ2) is 8.03. The maximum Gasteiger partial charge on any atom is 0.318 e. The first-order valence-corrected chi connectivity index (χ1v) is 8.60. The first kappa shape index (κ1) is 17.3. The minimum Gasteiger partial charge on any atom is -0.497 e. The summed E-state index contributed by atoms with van der Waals surface area (Å²) in [6, 6.07) is 17.1. The van der Waals surface area contributed by atoms with Crippen LogP contribution in [0.15, 0.2) is 54.6 Å². The fourth-order valence-corrected chi connectivity index (χ4v) is 3.30. The molecular weight excluding hydrogens is 316 g/mol. The quantitative estimate of drug-likeness (QED) is 0.880. The Kier molecular flexibility index (Phi) is 5.56. The number of nitrogens with zero attached hydrogens (tertiary/aromatic N) is 1. The second-order valence-corrected chi connectivity index (χ2v) is 6.24. The van der Waals surface area contributed by atoms with E-state index in [2.05, 4.69) is 5.32 Å². The Labute approximate surface area is 148 Å². The minimum atomic E-state index is -0.250. The van der Waals surface area contributed by atoms with E-state index in [0.29, 0.717) is 6.54 Å². The molecule has 25 heavy (non-hydrogen) atoms. The summed E-state index contributed by atoms with van der Waals surface area (Å²) in [6.07, 6.45) is 1.78. The lowest BCUT2D eigenvalue weighted by atomic mass is 9.98. The second-order valence-electron chi connectivity index (χ2n) is 6.24. The molecule has 0 spiro atoms. The van der Waals surface area contributed by atoms with Crippen molar-refractivity contribution in [1.29, 1.82) is 0 Å². The monoisotopic (exact) mass is 340 g/mol. The van der Waals surface area contributed by atoms with E-state index in [1.165, 1.54) is 0 Å². The molecule has 2 atom stereocenters. The third kappa shape index (κ3) is 3.94. The number of amides is 2. The molecule has 5 heteroatoms. The van der Waals surface area contributed by atoms with Gasteiger partial charge in [-0.15, -0.1) is 0 Å². The van der Waals surface area contributed by atoms with E-state index in [4.69, 9.17) is 4.74 Å². The zero-order valence-corrected chi connectivity index (χ0v) is 14.4. The van der Waals surface area contributed by atoms with Crippen molar-refractivity contribution in [1.82, 2.24) is 10.2 Å². The lowest BCUT2D eigenvalue weighted by molar-refractivity contribution is 0.155. The molecule has 0 aliphatic carbocycles. The Hall–Kier alpha value is -2.53. The third-order valence-electron chi connectivity index (χ3n) is 4.70. The lowest BCUT2D eigenvalue weighted by Gasteiger charge is -2.27. The molecule has 0 aromatic heterocycles. The van der Waals surface area contributed by atoms with Crippen molar-refractivity contribution in [3.8, 4) is 5.75 Å². The Morgan fingerprint density at radius 1 is 1.20 bits per heavy atom. The van der Waals surface area contributed by atoms with Crippen LogP contribution >= 0.6 is 0 Å². The summed E-state index contributed by atoms with van der Waals surface area (Å²) in [4.78, 5) is 14.5. The highest BCUT2D eigenvalue weighted by molar-refractivity contribution is 5.76. The zero-order chi connectivity index (χ0) is 17.6. The molecule has 1 saturated heterocycles. The van der Waals surface area contributed by atoms with E-state index in [9.17, 15) is 9.90 Å². The first-order valence-electron chi connectivity index (χ1n) is 8.60. The lowest BCUT2D eigenvalue weighted by Crippen LogP contribution is -2.45. The van der Waals surface area contributed by atoms with Gasteiger partial charge in [0.15, 0.2) is 0 Å². The number of nitrogens with one attached hydrogen (secondary N) is 1.